The van der Waals surface area contributed by atoms with Crippen LogP contribution in [0.5, 0.6) is 5.75 Å². The van der Waals surface area contributed by atoms with Crippen LogP contribution < -0.4 is 9.46 Å². The van der Waals surface area contributed by atoms with E-state index >= 15 is 0 Å². The highest BCUT2D eigenvalue weighted by molar-refractivity contribution is 7.92. The SMILES string of the molecule is COc1ccccc1NS(=O)(=O)c1cccc(C(=O)N=C2N=C3C=CC(Cl)=CN3Cc3ccccc32)c1. The Labute approximate surface area is 219 Å². The number of benzene rings is 3. The van der Waals surface area contributed by atoms with Gasteiger partial charge in [0.15, 0.2) is 5.84 Å². The Bertz CT molecular complexity index is 1630. The summed E-state index contributed by atoms with van der Waals surface area (Å²) in [5.74, 6) is 0.571. The lowest BCUT2D eigenvalue weighted by Gasteiger charge is -2.21. The zero-order valence-corrected chi connectivity index (χ0v) is 21.2. The van der Waals surface area contributed by atoms with E-state index in [1.807, 2.05) is 29.2 Å². The molecule has 3 aromatic rings. The highest BCUT2D eigenvalue weighted by Gasteiger charge is 2.23. The Morgan fingerprint density at radius 2 is 1.84 bits per heavy atom. The topological polar surface area (TPSA) is 100 Å². The normalized spacial score (nSPS) is 15.7. The lowest BCUT2D eigenvalue weighted by atomic mass is 10.1. The van der Waals surface area contributed by atoms with Gasteiger partial charge in [-0.3, -0.25) is 9.52 Å². The lowest BCUT2D eigenvalue weighted by molar-refractivity contribution is 0.100. The van der Waals surface area contributed by atoms with E-state index in [0.29, 0.717) is 28.7 Å². The smallest absolute Gasteiger partial charge is 0.279 e. The third kappa shape index (κ3) is 5.18. The first kappa shape index (κ1) is 24.5. The third-order valence-electron chi connectivity index (χ3n) is 5.73. The maximum atomic E-state index is 13.2. The summed E-state index contributed by atoms with van der Waals surface area (Å²) in [6.07, 6.45) is 5.24. The maximum absolute atomic E-state index is 13.2. The minimum absolute atomic E-state index is 0.0850. The Balaban J connectivity index is 1.49. The van der Waals surface area contributed by atoms with Crippen LogP contribution in [0.3, 0.4) is 0 Å². The van der Waals surface area contributed by atoms with Gasteiger partial charge in [0, 0.05) is 23.9 Å². The molecule has 10 heteroatoms. The number of carbonyl (C=O) groups excluding carboxylic acids is 1. The van der Waals surface area contributed by atoms with E-state index in [1.165, 1.54) is 31.4 Å². The highest BCUT2D eigenvalue weighted by Crippen LogP contribution is 2.27. The van der Waals surface area contributed by atoms with Gasteiger partial charge in [0.05, 0.1) is 22.7 Å². The molecule has 0 saturated carbocycles. The molecule has 1 N–H and O–H groups in total. The summed E-state index contributed by atoms with van der Waals surface area (Å²) in [5, 5.41) is 0.563. The van der Waals surface area contributed by atoms with Gasteiger partial charge < -0.3 is 9.64 Å². The van der Waals surface area contributed by atoms with E-state index in [4.69, 9.17) is 16.3 Å². The monoisotopic (exact) mass is 532 g/mol. The van der Waals surface area contributed by atoms with Crippen molar-refractivity contribution in [2.24, 2.45) is 9.98 Å². The van der Waals surface area contributed by atoms with E-state index in [2.05, 4.69) is 14.7 Å². The van der Waals surface area contributed by atoms with Crippen molar-refractivity contribution in [2.45, 2.75) is 11.4 Å². The molecule has 0 radical (unpaired) electrons. The molecule has 0 atom stereocenters. The molecule has 186 valence electrons. The van der Waals surface area contributed by atoms with Crippen LogP contribution in [0.15, 0.2) is 111 Å². The summed E-state index contributed by atoms with van der Waals surface area (Å²) >= 11 is 6.17. The molecule has 0 fully saturated rings. The maximum Gasteiger partial charge on any atom is 0.279 e. The number of amides is 1. The van der Waals surface area contributed by atoms with Crippen molar-refractivity contribution < 1.29 is 17.9 Å². The van der Waals surface area contributed by atoms with Crippen LogP contribution in [-0.4, -0.2) is 38.0 Å². The molecular formula is C27H21ClN4O4S. The van der Waals surface area contributed by atoms with E-state index < -0.39 is 15.9 Å². The molecule has 0 aromatic heterocycles. The number of para-hydroxylation sites is 2. The average Bonchev–Trinajstić information content (AvgIpc) is 3.05. The van der Waals surface area contributed by atoms with Gasteiger partial charge in [0.25, 0.3) is 15.9 Å². The Morgan fingerprint density at radius 1 is 1.05 bits per heavy atom. The summed E-state index contributed by atoms with van der Waals surface area (Å²) in [6, 6.07) is 19.9. The van der Waals surface area contributed by atoms with Crippen LogP contribution in [0.2, 0.25) is 0 Å². The molecule has 0 bridgehead atoms. The summed E-state index contributed by atoms with van der Waals surface area (Å²) in [4.78, 5) is 23.9. The van der Waals surface area contributed by atoms with Gasteiger partial charge in [-0.15, -0.1) is 0 Å². The number of hydrogen-bond donors (Lipinski definition) is 1. The number of carbonyl (C=O) groups is 1. The van der Waals surface area contributed by atoms with E-state index in [-0.39, 0.29) is 22.0 Å². The fraction of sp³-hybridized carbons (Fsp3) is 0.0741. The van der Waals surface area contributed by atoms with Gasteiger partial charge in [-0.2, -0.15) is 4.99 Å². The summed E-state index contributed by atoms with van der Waals surface area (Å²) in [6.45, 7) is 0.505. The molecule has 0 saturated heterocycles. The zero-order valence-electron chi connectivity index (χ0n) is 19.6. The van der Waals surface area contributed by atoms with Crippen molar-refractivity contribution in [1.82, 2.24) is 4.90 Å². The van der Waals surface area contributed by atoms with Crippen molar-refractivity contribution in [2.75, 3.05) is 11.8 Å². The van der Waals surface area contributed by atoms with Crippen molar-refractivity contribution in [3.63, 3.8) is 0 Å². The number of rotatable bonds is 5. The third-order valence-corrected chi connectivity index (χ3v) is 7.32. The molecule has 37 heavy (non-hydrogen) atoms. The molecule has 8 nitrogen and oxygen atoms in total. The second-order valence-corrected chi connectivity index (χ2v) is 10.3. The Morgan fingerprint density at radius 3 is 2.68 bits per heavy atom. The van der Waals surface area contributed by atoms with Crippen LogP contribution in [0, 0.1) is 0 Å². The van der Waals surface area contributed by atoms with Crippen LogP contribution in [0.1, 0.15) is 21.5 Å². The minimum Gasteiger partial charge on any atom is -0.495 e. The first-order valence-electron chi connectivity index (χ1n) is 11.2. The van der Waals surface area contributed by atoms with Gasteiger partial charge in [0.1, 0.15) is 11.6 Å². The number of aliphatic imine (C=N–C) groups is 2. The van der Waals surface area contributed by atoms with Crippen molar-refractivity contribution in [3.8, 4) is 5.75 Å². The van der Waals surface area contributed by atoms with Gasteiger partial charge in [-0.05, 0) is 48.0 Å². The number of nitrogens with zero attached hydrogens (tertiary/aromatic N) is 3. The molecular weight excluding hydrogens is 512 g/mol. The molecule has 0 aliphatic carbocycles. The number of allylic oxidation sites excluding steroid dienone is 2. The number of hydrogen-bond acceptors (Lipinski definition) is 5. The van der Waals surface area contributed by atoms with E-state index in [0.717, 1.165) is 5.56 Å². The van der Waals surface area contributed by atoms with Crippen LogP contribution in [-0.2, 0) is 16.6 Å². The predicted molar refractivity (Wildman–Crippen MR) is 144 cm³/mol. The second kappa shape index (κ2) is 10.0. The van der Waals surface area contributed by atoms with E-state index in [9.17, 15) is 13.2 Å². The van der Waals surface area contributed by atoms with Gasteiger partial charge in [0.2, 0.25) is 0 Å². The fourth-order valence-electron chi connectivity index (χ4n) is 3.94. The second-order valence-electron chi connectivity index (χ2n) is 8.18. The molecule has 2 aliphatic heterocycles. The zero-order chi connectivity index (χ0) is 26.0. The Kier molecular flexibility index (Phi) is 6.64. The van der Waals surface area contributed by atoms with E-state index in [1.54, 1.807) is 42.6 Å². The molecule has 0 spiro atoms. The first-order valence-corrected chi connectivity index (χ1v) is 13.1. The molecule has 2 aliphatic rings. The largest absolute Gasteiger partial charge is 0.495 e. The quantitative estimate of drug-likeness (QED) is 0.501. The number of sulfonamides is 1. The number of anilines is 1. The molecule has 5 rings (SSSR count). The average molecular weight is 533 g/mol. The number of halogens is 1. The minimum atomic E-state index is -4.00. The summed E-state index contributed by atoms with van der Waals surface area (Å²) in [5.41, 5.74) is 2.02. The lowest BCUT2D eigenvalue weighted by Crippen LogP contribution is -2.25. The molecule has 2 heterocycles. The van der Waals surface area contributed by atoms with Crippen LogP contribution in [0.4, 0.5) is 5.69 Å². The van der Waals surface area contributed by atoms with Gasteiger partial charge in [-0.1, -0.05) is 54.1 Å². The number of amidine groups is 2. The highest BCUT2D eigenvalue weighted by atomic mass is 35.5. The molecule has 3 aromatic carbocycles. The summed E-state index contributed by atoms with van der Waals surface area (Å²) in [7, 11) is -2.55. The number of nitrogens with one attached hydrogen (secondary N) is 1. The van der Waals surface area contributed by atoms with Crippen LogP contribution in [0.25, 0.3) is 0 Å². The number of fused-ring (bicyclic) bond motifs is 2. The Hall–Kier alpha value is -4.21. The first-order chi connectivity index (χ1) is 17.8. The fourth-order valence-corrected chi connectivity index (χ4v) is 5.24. The van der Waals surface area contributed by atoms with Gasteiger partial charge >= 0.3 is 0 Å². The van der Waals surface area contributed by atoms with Gasteiger partial charge in [-0.25, -0.2) is 13.4 Å². The molecule has 0 unspecified atom stereocenters. The summed E-state index contributed by atoms with van der Waals surface area (Å²) < 4.78 is 33.9. The molecule has 1 amide bonds. The predicted octanol–water partition coefficient (Wildman–Crippen LogP) is 4.95. The standard InChI is InChI=1S/C27H21ClN4O4S/c1-36-24-12-5-4-11-23(24)31-37(34,35)21-9-6-8-18(15-21)27(33)30-26-22-10-3-2-7-19(22)16-32-17-20(28)13-14-25(32)29-26/h2-15,17,31H,16H2,1H3. The van der Waals surface area contributed by atoms with Crippen LogP contribution >= 0.6 is 11.6 Å². The number of ether oxygens (including phenoxy) is 1. The number of methoxy groups -OCH3 is 1. The van der Waals surface area contributed by atoms with Crippen molar-refractivity contribution >= 4 is 44.9 Å². The van der Waals surface area contributed by atoms with Crippen molar-refractivity contribution in [1.29, 1.82) is 0 Å². The van der Waals surface area contributed by atoms with Crippen molar-refractivity contribution in [3.05, 3.63) is 113 Å².